The SMILES string of the molecule is CCNC(=NCC(=O)Nc1cccnc1)NC(C)CC. The molecule has 0 bridgehead atoms. The summed E-state index contributed by atoms with van der Waals surface area (Å²) in [6, 6.07) is 3.87. The molecule has 0 fully saturated rings. The zero-order valence-corrected chi connectivity index (χ0v) is 12.3. The molecule has 0 spiro atoms. The molecule has 3 N–H and O–H groups in total. The minimum atomic E-state index is -0.167. The highest BCUT2D eigenvalue weighted by Gasteiger charge is 2.05. The van der Waals surface area contributed by atoms with Crippen LogP contribution in [-0.2, 0) is 4.79 Å². The maximum Gasteiger partial charge on any atom is 0.246 e. The van der Waals surface area contributed by atoms with Gasteiger partial charge in [-0.2, -0.15) is 0 Å². The molecule has 6 heteroatoms. The molecule has 1 amide bonds. The summed E-state index contributed by atoms with van der Waals surface area (Å²) >= 11 is 0. The van der Waals surface area contributed by atoms with Crippen molar-refractivity contribution in [2.75, 3.05) is 18.4 Å². The van der Waals surface area contributed by atoms with Crippen molar-refractivity contribution in [3.05, 3.63) is 24.5 Å². The number of nitrogens with zero attached hydrogens (tertiary/aromatic N) is 2. The van der Waals surface area contributed by atoms with Crippen LogP contribution >= 0.6 is 0 Å². The minimum Gasteiger partial charge on any atom is -0.357 e. The van der Waals surface area contributed by atoms with Gasteiger partial charge in [0.25, 0.3) is 0 Å². The van der Waals surface area contributed by atoms with E-state index in [0.717, 1.165) is 13.0 Å². The van der Waals surface area contributed by atoms with Gasteiger partial charge in [-0.1, -0.05) is 6.92 Å². The van der Waals surface area contributed by atoms with Crippen molar-refractivity contribution in [2.45, 2.75) is 33.2 Å². The largest absolute Gasteiger partial charge is 0.357 e. The van der Waals surface area contributed by atoms with Crippen LogP contribution in [0.2, 0.25) is 0 Å². The van der Waals surface area contributed by atoms with Crippen LogP contribution in [0.15, 0.2) is 29.5 Å². The second kappa shape index (κ2) is 8.90. The zero-order chi connectivity index (χ0) is 14.8. The summed E-state index contributed by atoms with van der Waals surface area (Å²) in [6.07, 6.45) is 4.25. The number of aromatic nitrogens is 1. The lowest BCUT2D eigenvalue weighted by Gasteiger charge is -2.16. The van der Waals surface area contributed by atoms with Gasteiger partial charge in [-0.25, -0.2) is 4.99 Å². The molecule has 0 saturated heterocycles. The number of carbonyl (C=O) groups is 1. The Morgan fingerprint density at radius 1 is 1.45 bits per heavy atom. The van der Waals surface area contributed by atoms with Crippen LogP contribution in [-0.4, -0.2) is 36.0 Å². The van der Waals surface area contributed by atoms with Crippen molar-refractivity contribution >= 4 is 17.6 Å². The first-order chi connectivity index (χ1) is 9.65. The van der Waals surface area contributed by atoms with Gasteiger partial charge < -0.3 is 16.0 Å². The van der Waals surface area contributed by atoms with E-state index in [1.807, 2.05) is 6.92 Å². The third-order valence-corrected chi connectivity index (χ3v) is 2.67. The van der Waals surface area contributed by atoms with Crippen LogP contribution in [0.4, 0.5) is 5.69 Å². The molecule has 1 rings (SSSR count). The van der Waals surface area contributed by atoms with E-state index < -0.39 is 0 Å². The molecular weight excluding hydrogens is 254 g/mol. The average molecular weight is 277 g/mol. The van der Waals surface area contributed by atoms with Crippen molar-refractivity contribution in [3.8, 4) is 0 Å². The molecule has 1 aromatic rings. The molecule has 1 unspecified atom stereocenters. The Labute approximate surface area is 120 Å². The molecule has 110 valence electrons. The van der Waals surface area contributed by atoms with Crippen molar-refractivity contribution in [1.29, 1.82) is 0 Å². The van der Waals surface area contributed by atoms with E-state index in [-0.39, 0.29) is 12.5 Å². The van der Waals surface area contributed by atoms with Gasteiger partial charge in [0.1, 0.15) is 6.54 Å². The summed E-state index contributed by atoms with van der Waals surface area (Å²) in [4.78, 5) is 20.0. The van der Waals surface area contributed by atoms with Gasteiger partial charge >= 0.3 is 0 Å². The Bertz CT molecular complexity index is 432. The van der Waals surface area contributed by atoms with Crippen molar-refractivity contribution in [2.24, 2.45) is 4.99 Å². The Morgan fingerprint density at radius 2 is 2.25 bits per heavy atom. The Hall–Kier alpha value is -2.11. The topological polar surface area (TPSA) is 78.4 Å². The number of anilines is 1. The van der Waals surface area contributed by atoms with Gasteiger partial charge in [-0.3, -0.25) is 9.78 Å². The van der Waals surface area contributed by atoms with E-state index in [4.69, 9.17) is 0 Å². The van der Waals surface area contributed by atoms with E-state index in [2.05, 4.69) is 39.8 Å². The highest BCUT2D eigenvalue weighted by molar-refractivity contribution is 5.93. The number of nitrogens with one attached hydrogen (secondary N) is 3. The first-order valence-electron chi connectivity index (χ1n) is 6.90. The number of carbonyl (C=O) groups excluding carboxylic acids is 1. The van der Waals surface area contributed by atoms with Gasteiger partial charge in [0.2, 0.25) is 5.91 Å². The molecule has 0 aromatic carbocycles. The third kappa shape index (κ3) is 6.17. The van der Waals surface area contributed by atoms with Crippen LogP contribution in [0.5, 0.6) is 0 Å². The molecule has 0 aliphatic heterocycles. The first-order valence-corrected chi connectivity index (χ1v) is 6.90. The van der Waals surface area contributed by atoms with Crippen LogP contribution < -0.4 is 16.0 Å². The number of amides is 1. The summed E-state index contributed by atoms with van der Waals surface area (Å²) in [5, 5.41) is 9.09. The third-order valence-electron chi connectivity index (χ3n) is 2.67. The normalized spacial score (nSPS) is 12.7. The number of rotatable bonds is 6. The Kier molecular flexibility index (Phi) is 7.10. The summed E-state index contributed by atoms with van der Waals surface area (Å²) in [5.74, 6) is 0.488. The van der Waals surface area contributed by atoms with Crippen LogP contribution in [0.1, 0.15) is 27.2 Å². The zero-order valence-electron chi connectivity index (χ0n) is 12.3. The monoisotopic (exact) mass is 277 g/mol. The Morgan fingerprint density at radius 3 is 2.85 bits per heavy atom. The summed E-state index contributed by atoms with van der Waals surface area (Å²) < 4.78 is 0. The first kappa shape index (κ1) is 15.9. The van der Waals surface area contributed by atoms with Crippen molar-refractivity contribution in [1.82, 2.24) is 15.6 Å². The van der Waals surface area contributed by atoms with Gasteiger partial charge in [-0.05, 0) is 32.4 Å². The number of hydrogen-bond donors (Lipinski definition) is 3. The van der Waals surface area contributed by atoms with Gasteiger partial charge in [0.15, 0.2) is 5.96 Å². The van der Waals surface area contributed by atoms with Crippen LogP contribution in [0.25, 0.3) is 0 Å². The number of hydrogen-bond acceptors (Lipinski definition) is 3. The van der Waals surface area contributed by atoms with Crippen LogP contribution in [0.3, 0.4) is 0 Å². The number of aliphatic imine (C=N–C) groups is 1. The molecule has 1 heterocycles. The van der Waals surface area contributed by atoms with Gasteiger partial charge in [-0.15, -0.1) is 0 Å². The maximum absolute atomic E-state index is 11.8. The van der Waals surface area contributed by atoms with E-state index in [1.165, 1.54) is 0 Å². The molecule has 0 radical (unpaired) electrons. The van der Waals surface area contributed by atoms with E-state index in [0.29, 0.717) is 17.7 Å². The average Bonchev–Trinajstić information content (AvgIpc) is 2.46. The number of pyridine rings is 1. The lowest BCUT2D eigenvalue weighted by atomic mass is 10.3. The second-order valence-corrected chi connectivity index (χ2v) is 4.44. The lowest BCUT2D eigenvalue weighted by Crippen LogP contribution is -2.42. The molecule has 0 saturated carbocycles. The van der Waals surface area contributed by atoms with E-state index >= 15 is 0 Å². The van der Waals surface area contributed by atoms with Crippen LogP contribution in [0, 0.1) is 0 Å². The molecule has 6 nitrogen and oxygen atoms in total. The predicted octanol–water partition coefficient (Wildman–Crippen LogP) is 1.37. The fourth-order valence-electron chi connectivity index (χ4n) is 1.44. The molecule has 0 aliphatic rings. The Balaban J connectivity index is 2.51. The van der Waals surface area contributed by atoms with Gasteiger partial charge in [0.05, 0.1) is 11.9 Å². The molecule has 0 aliphatic carbocycles. The quantitative estimate of drug-likeness (QED) is 0.542. The van der Waals surface area contributed by atoms with Crippen molar-refractivity contribution < 1.29 is 4.79 Å². The number of guanidine groups is 1. The summed E-state index contributed by atoms with van der Waals surface area (Å²) in [6.45, 7) is 6.98. The smallest absolute Gasteiger partial charge is 0.246 e. The molecule has 1 aromatic heterocycles. The molecule has 20 heavy (non-hydrogen) atoms. The highest BCUT2D eigenvalue weighted by Crippen LogP contribution is 2.01. The fraction of sp³-hybridized carbons (Fsp3) is 0.500. The highest BCUT2D eigenvalue weighted by atomic mass is 16.1. The summed E-state index contributed by atoms with van der Waals surface area (Å²) in [7, 11) is 0. The van der Waals surface area contributed by atoms with Crippen molar-refractivity contribution in [3.63, 3.8) is 0 Å². The summed E-state index contributed by atoms with van der Waals surface area (Å²) in [5.41, 5.74) is 0.674. The molecule has 1 atom stereocenters. The second-order valence-electron chi connectivity index (χ2n) is 4.44. The maximum atomic E-state index is 11.8. The predicted molar refractivity (Wildman–Crippen MR) is 81.7 cm³/mol. The minimum absolute atomic E-state index is 0.0701. The van der Waals surface area contributed by atoms with E-state index in [9.17, 15) is 4.79 Å². The fourth-order valence-corrected chi connectivity index (χ4v) is 1.44. The van der Waals surface area contributed by atoms with E-state index in [1.54, 1.807) is 24.5 Å². The molecular formula is C14H23N5O. The standard InChI is InChI=1S/C14H23N5O/c1-4-11(3)18-14(16-5-2)17-10-13(20)19-12-7-6-8-15-9-12/h6-9,11H,4-5,10H2,1-3H3,(H,19,20)(H2,16,17,18). The van der Waals surface area contributed by atoms with Gasteiger partial charge in [0, 0.05) is 18.8 Å². The lowest BCUT2D eigenvalue weighted by molar-refractivity contribution is -0.114.